The number of nitrogens with one attached hydrogen (secondary N) is 1. The number of amides is 2. The number of nitrogens with zero attached hydrogens (tertiary/aromatic N) is 2. The van der Waals surface area contributed by atoms with Gasteiger partial charge in [0.1, 0.15) is 12.6 Å². The Morgan fingerprint density at radius 2 is 1.50 bits per heavy atom. The number of halogens is 2. The van der Waals surface area contributed by atoms with Crippen molar-refractivity contribution < 1.29 is 18.0 Å². The SMILES string of the molecule is CC(C)c1ccccc1N(CC(=O)N(Cc1ccc(Cl)c(Cl)c1)C(Cc1ccccc1)C(=O)NC(C)(C)C)S(C)(=O)=O. The maximum atomic E-state index is 14.3. The molecule has 0 saturated heterocycles. The normalized spacial score (nSPS) is 12.6. The smallest absolute Gasteiger partial charge is 0.244 e. The van der Waals surface area contributed by atoms with E-state index < -0.39 is 34.1 Å². The van der Waals surface area contributed by atoms with Crippen LogP contribution in [0.4, 0.5) is 5.69 Å². The lowest BCUT2D eigenvalue weighted by Gasteiger charge is -2.35. The number of carbonyl (C=O) groups is 2. The predicted octanol–water partition coefficient (Wildman–Crippen LogP) is 6.44. The summed E-state index contributed by atoms with van der Waals surface area (Å²) in [6, 6.07) is 20.6. The first-order chi connectivity index (χ1) is 19.6. The summed E-state index contributed by atoms with van der Waals surface area (Å²) in [6.07, 6.45) is 1.30. The number of rotatable bonds is 11. The van der Waals surface area contributed by atoms with Gasteiger partial charge in [-0.3, -0.25) is 13.9 Å². The fourth-order valence-electron chi connectivity index (χ4n) is 4.64. The largest absolute Gasteiger partial charge is 0.350 e. The molecule has 0 bridgehead atoms. The van der Waals surface area contributed by atoms with Crippen molar-refractivity contribution in [1.29, 1.82) is 0 Å². The van der Waals surface area contributed by atoms with Gasteiger partial charge >= 0.3 is 0 Å². The Labute approximate surface area is 259 Å². The standard InChI is InChI=1S/C32H39Cl2N3O4S/c1-22(2)25-14-10-11-15-28(25)37(42(6,40)41)21-30(38)36(20-24-16-17-26(33)27(34)18-24)29(31(39)35-32(3,4)5)19-23-12-8-7-9-13-23/h7-18,22,29H,19-21H2,1-6H3,(H,35,39). The molecule has 42 heavy (non-hydrogen) atoms. The molecule has 7 nitrogen and oxygen atoms in total. The fraction of sp³-hybridized carbons (Fsp3) is 0.375. The molecule has 0 radical (unpaired) electrons. The van der Waals surface area contributed by atoms with Gasteiger partial charge in [-0.2, -0.15) is 0 Å². The molecule has 0 aliphatic heterocycles. The van der Waals surface area contributed by atoms with E-state index in [1.807, 2.05) is 77.1 Å². The van der Waals surface area contributed by atoms with Crippen LogP contribution in [0.25, 0.3) is 0 Å². The summed E-state index contributed by atoms with van der Waals surface area (Å²) in [5.41, 5.74) is 2.14. The maximum absolute atomic E-state index is 14.3. The number of hydrogen-bond donors (Lipinski definition) is 1. The van der Waals surface area contributed by atoms with Gasteiger partial charge in [-0.05, 0) is 61.6 Å². The number of anilines is 1. The number of hydrogen-bond acceptors (Lipinski definition) is 4. The zero-order valence-electron chi connectivity index (χ0n) is 24.9. The molecule has 3 aromatic carbocycles. The third-order valence-corrected chi connectivity index (χ3v) is 8.48. The Kier molecular flexibility index (Phi) is 11.1. The van der Waals surface area contributed by atoms with Crippen LogP contribution in [0, 0.1) is 0 Å². The second-order valence-electron chi connectivity index (χ2n) is 11.7. The number of carbonyl (C=O) groups excluding carboxylic acids is 2. The second kappa shape index (κ2) is 13.9. The predicted molar refractivity (Wildman–Crippen MR) is 172 cm³/mol. The summed E-state index contributed by atoms with van der Waals surface area (Å²) in [5.74, 6) is -0.875. The summed E-state index contributed by atoms with van der Waals surface area (Å²) in [7, 11) is -3.87. The molecule has 2 amide bonds. The Morgan fingerprint density at radius 1 is 0.881 bits per heavy atom. The summed E-state index contributed by atoms with van der Waals surface area (Å²) >= 11 is 12.5. The average Bonchev–Trinajstić information content (AvgIpc) is 2.90. The fourth-order valence-corrected chi connectivity index (χ4v) is 5.83. The molecule has 1 unspecified atom stereocenters. The van der Waals surface area contributed by atoms with Crippen LogP contribution < -0.4 is 9.62 Å². The minimum absolute atomic E-state index is 0.00815. The van der Waals surface area contributed by atoms with Crippen molar-refractivity contribution in [3.63, 3.8) is 0 Å². The van der Waals surface area contributed by atoms with Crippen molar-refractivity contribution >= 4 is 50.7 Å². The molecule has 10 heteroatoms. The van der Waals surface area contributed by atoms with Crippen molar-refractivity contribution in [2.24, 2.45) is 0 Å². The molecule has 3 rings (SSSR count). The summed E-state index contributed by atoms with van der Waals surface area (Å²) < 4.78 is 27.4. The van der Waals surface area contributed by atoms with E-state index >= 15 is 0 Å². The van der Waals surface area contributed by atoms with Gasteiger partial charge in [0.05, 0.1) is 22.0 Å². The molecule has 0 fully saturated rings. The van der Waals surface area contributed by atoms with E-state index in [0.29, 0.717) is 21.3 Å². The second-order valence-corrected chi connectivity index (χ2v) is 14.4. The maximum Gasteiger partial charge on any atom is 0.244 e. The van der Waals surface area contributed by atoms with Crippen LogP contribution in [-0.2, 0) is 32.6 Å². The molecular formula is C32H39Cl2N3O4S. The molecule has 0 spiro atoms. The van der Waals surface area contributed by atoms with E-state index in [0.717, 1.165) is 21.7 Å². The first-order valence-electron chi connectivity index (χ1n) is 13.7. The van der Waals surface area contributed by atoms with Crippen molar-refractivity contribution in [2.75, 3.05) is 17.1 Å². The van der Waals surface area contributed by atoms with Crippen LogP contribution in [-0.4, -0.2) is 49.5 Å². The minimum atomic E-state index is -3.87. The van der Waals surface area contributed by atoms with Crippen molar-refractivity contribution in [3.05, 3.63) is 99.5 Å². The van der Waals surface area contributed by atoms with Crippen LogP contribution in [0.5, 0.6) is 0 Å². The zero-order chi connectivity index (χ0) is 31.2. The van der Waals surface area contributed by atoms with Crippen molar-refractivity contribution in [3.8, 4) is 0 Å². The van der Waals surface area contributed by atoms with Crippen molar-refractivity contribution in [2.45, 2.75) is 65.1 Å². The van der Waals surface area contributed by atoms with Gasteiger partial charge in [-0.1, -0.05) is 91.6 Å². The average molecular weight is 633 g/mol. The Morgan fingerprint density at radius 3 is 2.07 bits per heavy atom. The molecule has 3 aromatic rings. The summed E-state index contributed by atoms with van der Waals surface area (Å²) in [5, 5.41) is 3.68. The highest BCUT2D eigenvalue weighted by Crippen LogP contribution is 2.30. The molecule has 0 aromatic heterocycles. The molecule has 226 valence electrons. The third-order valence-electron chi connectivity index (χ3n) is 6.61. The molecular weight excluding hydrogens is 593 g/mol. The van der Waals surface area contributed by atoms with E-state index in [4.69, 9.17) is 23.2 Å². The first-order valence-corrected chi connectivity index (χ1v) is 16.3. The van der Waals surface area contributed by atoms with E-state index in [1.165, 1.54) is 4.90 Å². The highest BCUT2D eigenvalue weighted by Gasteiger charge is 2.35. The molecule has 1 atom stereocenters. The minimum Gasteiger partial charge on any atom is -0.350 e. The summed E-state index contributed by atoms with van der Waals surface area (Å²) in [6.45, 7) is 9.04. The Balaban J connectivity index is 2.13. The highest BCUT2D eigenvalue weighted by molar-refractivity contribution is 7.92. The topological polar surface area (TPSA) is 86.8 Å². The van der Waals surface area contributed by atoms with Crippen LogP contribution in [0.2, 0.25) is 10.0 Å². The van der Waals surface area contributed by atoms with E-state index in [9.17, 15) is 18.0 Å². The molecule has 0 heterocycles. The molecule has 0 aliphatic carbocycles. The van der Waals surface area contributed by atoms with E-state index in [-0.39, 0.29) is 24.8 Å². The Bertz CT molecular complexity index is 1510. The molecule has 1 N–H and O–H groups in total. The Hall–Kier alpha value is -3.07. The van der Waals surface area contributed by atoms with Crippen molar-refractivity contribution in [1.82, 2.24) is 10.2 Å². The van der Waals surface area contributed by atoms with Gasteiger partial charge in [0, 0.05) is 18.5 Å². The van der Waals surface area contributed by atoms with Gasteiger partial charge in [-0.25, -0.2) is 8.42 Å². The van der Waals surface area contributed by atoms with E-state index in [2.05, 4.69) is 5.32 Å². The lowest BCUT2D eigenvalue weighted by molar-refractivity contribution is -0.140. The quantitative estimate of drug-likeness (QED) is 0.264. The lowest BCUT2D eigenvalue weighted by atomic mass is 10.00. The lowest BCUT2D eigenvalue weighted by Crippen LogP contribution is -2.56. The van der Waals surface area contributed by atoms with Gasteiger partial charge < -0.3 is 10.2 Å². The monoisotopic (exact) mass is 631 g/mol. The van der Waals surface area contributed by atoms with E-state index in [1.54, 1.807) is 30.3 Å². The number of sulfonamides is 1. The van der Waals surface area contributed by atoms with Gasteiger partial charge in [0.15, 0.2) is 0 Å². The highest BCUT2D eigenvalue weighted by atomic mass is 35.5. The first kappa shape index (κ1) is 33.4. The third kappa shape index (κ3) is 9.21. The van der Waals surface area contributed by atoms with Crippen LogP contribution in [0.1, 0.15) is 57.2 Å². The van der Waals surface area contributed by atoms with Crippen LogP contribution >= 0.6 is 23.2 Å². The van der Waals surface area contributed by atoms with Crippen LogP contribution in [0.3, 0.4) is 0 Å². The number of benzene rings is 3. The summed E-state index contributed by atoms with van der Waals surface area (Å²) in [4.78, 5) is 29.6. The van der Waals surface area contributed by atoms with Gasteiger partial charge in [0.2, 0.25) is 21.8 Å². The zero-order valence-corrected chi connectivity index (χ0v) is 27.2. The van der Waals surface area contributed by atoms with Gasteiger partial charge in [-0.15, -0.1) is 0 Å². The molecule has 0 aliphatic rings. The number of para-hydroxylation sites is 1. The van der Waals surface area contributed by atoms with Crippen LogP contribution in [0.15, 0.2) is 72.8 Å². The molecule has 0 saturated carbocycles. The van der Waals surface area contributed by atoms with Gasteiger partial charge in [0.25, 0.3) is 0 Å².